The van der Waals surface area contributed by atoms with E-state index in [1.54, 1.807) is 12.1 Å². The highest BCUT2D eigenvalue weighted by molar-refractivity contribution is 5.95. The summed E-state index contributed by atoms with van der Waals surface area (Å²) in [5.41, 5.74) is 23.3. The molecule has 2 atom stereocenters. The number of benzene rings is 16. The largest absolute Gasteiger partial charge is 0.457 e. The van der Waals surface area contributed by atoms with E-state index in [4.69, 9.17) is 9.47 Å². The lowest BCUT2D eigenvalue weighted by molar-refractivity contribution is 0.480. The van der Waals surface area contributed by atoms with E-state index in [-0.39, 0.29) is 11.6 Å². The van der Waals surface area contributed by atoms with Gasteiger partial charge in [-0.3, -0.25) is 0 Å². The molecule has 6 heteroatoms. The monoisotopic (exact) mass is 1340 g/mol. The summed E-state index contributed by atoms with van der Waals surface area (Å²) in [5.74, 6) is 2.51. The lowest BCUT2D eigenvalue weighted by Gasteiger charge is -2.35. The van der Waals surface area contributed by atoms with E-state index in [0.29, 0.717) is 11.4 Å². The van der Waals surface area contributed by atoms with Gasteiger partial charge in [-0.15, -0.1) is 0 Å². The van der Waals surface area contributed by atoms with Crippen LogP contribution in [0.25, 0.3) is 54.9 Å². The molecule has 4 aliphatic rings. The quantitative estimate of drug-likeness (QED) is 0.102. The predicted octanol–water partition coefficient (Wildman–Crippen LogP) is 25.4. The van der Waals surface area contributed by atoms with E-state index in [2.05, 4.69) is 303 Å². The van der Waals surface area contributed by atoms with E-state index in [0.717, 1.165) is 160 Å². The number of hydrogen-bond donors (Lipinski definition) is 0. The van der Waals surface area contributed by atoms with Gasteiger partial charge in [-0.2, -0.15) is 0 Å². The van der Waals surface area contributed by atoms with E-state index < -0.39 is 10.8 Å². The van der Waals surface area contributed by atoms with Crippen molar-refractivity contribution in [3.63, 3.8) is 0 Å². The summed E-state index contributed by atoms with van der Waals surface area (Å²) in [6, 6.07) is 122. The SMILES string of the molecule is Fc1ccccc1N(c1ccc(-c2ccc(N(c3ccc4c(c3)C(c3ccc(Oc5ccc6c(c5)CC6)cc3)(c3ccc5ccccc5c3)c3ccccc3-4)c3ccccc3F)cc2)cc1)c1ccc2c(c1)C(c1ccc(Oc3ccc4c(c3)CC4)cc1)(c1ccc3ccccc3c1)c1ccccc1-2. The normalized spacial score (nSPS) is 15.5. The topological polar surface area (TPSA) is 24.9 Å². The van der Waals surface area contributed by atoms with Gasteiger partial charge in [0.05, 0.1) is 22.2 Å². The second kappa shape index (κ2) is 24.4. The molecule has 0 aliphatic heterocycles. The number of para-hydroxylation sites is 2. The summed E-state index contributed by atoms with van der Waals surface area (Å²) >= 11 is 0. The molecule has 0 fully saturated rings. The summed E-state index contributed by atoms with van der Waals surface area (Å²) in [5, 5.41) is 4.60. The van der Waals surface area contributed by atoms with Crippen LogP contribution in [0.15, 0.2) is 352 Å². The Kier molecular flexibility index (Phi) is 14.3. The maximum atomic E-state index is 16.9. The van der Waals surface area contributed by atoms with Crippen molar-refractivity contribution in [2.24, 2.45) is 0 Å². The van der Waals surface area contributed by atoms with Gasteiger partial charge in [0.25, 0.3) is 0 Å². The number of ether oxygens (including phenoxy) is 2. The third kappa shape index (κ3) is 9.84. The molecule has 0 spiro atoms. The molecular formula is C98H66F2N2O2. The molecule has 4 nitrogen and oxygen atoms in total. The molecule has 16 aromatic carbocycles. The first-order chi connectivity index (χ1) is 51.3. The molecule has 2 unspecified atom stereocenters. The summed E-state index contributed by atoms with van der Waals surface area (Å²) in [6.07, 6.45) is 4.38. The van der Waals surface area contributed by atoms with Crippen LogP contribution in [0.4, 0.5) is 42.9 Å². The Bertz CT molecular complexity index is 5730. The highest BCUT2D eigenvalue weighted by atomic mass is 19.1. The minimum atomic E-state index is -0.791. The summed E-state index contributed by atoms with van der Waals surface area (Å²) < 4.78 is 46.9. The Morgan fingerprint density at radius 2 is 0.587 bits per heavy atom. The lowest BCUT2D eigenvalue weighted by atomic mass is 9.67. The molecule has 0 saturated heterocycles. The Morgan fingerprint density at radius 3 is 0.990 bits per heavy atom. The second-order valence-electron chi connectivity index (χ2n) is 28.0. The third-order valence-corrected chi connectivity index (χ3v) is 22.4. The van der Waals surface area contributed by atoms with Crippen molar-refractivity contribution in [2.75, 3.05) is 9.80 Å². The summed E-state index contributed by atoms with van der Waals surface area (Å²) in [7, 11) is 0. The minimum Gasteiger partial charge on any atom is -0.457 e. The summed E-state index contributed by atoms with van der Waals surface area (Å²) in [4.78, 5) is 4.08. The van der Waals surface area contributed by atoms with Crippen LogP contribution >= 0.6 is 0 Å². The molecule has 16 aromatic rings. The Labute approximate surface area is 603 Å². The Morgan fingerprint density at radius 1 is 0.240 bits per heavy atom. The van der Waals surface area contributed by atoms with Gasteiger partial charge in [-0.25, -0.2) is 8.78 Å². The molecule has 104 heavy (non-hydrogen) atoms. The zero-order valence-electron chi connectivity index (χ0n) is 56.8. The number of rotatable bonds is 15. The zero-order valence-corrected chi connectivity index (χ0v) is 56.8. The fourth-order valence-corrected chi connectivity index (χ4v) is 17.3. The van der Waals surface area contributed by atoms with Gasteiger partial charge >= 0.3 is 0 Å². The average Bonchev–Trinajstić information content (AvgIpc) is 1.54. The molecule has 0 aromatic heterocycles. The number of fused-ring (bicyclic) bond motifs is 10. The van der Waals surface area contributed by atoms with Crippen molar-refractivity contribution >= 4 is 55.7 Å². The fourth-order valence-electron chi connectivity index (χ4n) is 17.3. The van der Waals surface area contributed by atoms with Crippen LogP contribution in [-0.2, 0) is 36.5 Å². The first kappa shape index (κ1) is 61.0. The highest BCUT2D eigenvalue weighted by Crippen LogP contribution is 2.60. The van der Waals surface area contributed by atoms with Crippen LogP contribution in [0.3, 0.4) is 0 Å². The zero-order chi connectivity index (χ0) is 69.0. The van der Waals surface area contributed by atoms with Crippen molar-refractivity contribution in [2.45, 2.75) is 36.5 Å². The second-order valence-corrected chi connectivity index (χ2v) is 28.0. The highest BCUT2D eigenvalue weighted by Gasteiger charge is 2.48. The van der Waals surface area contributed by atoms with Crippen molar-refractivity contribution in [1.82, 2.24) is 0 Å². The van der Waals surface area contributed by atoms with Crippen LogP contribution in [0, 0.1) is 11.6 Å². The average molecular weight is 1340 g/mol. The first-order valence-corrected chi connectivity index (χ1v) is 35.9. The van der Waals surface area contributed by atoms with Crippen LogP contribution in [0.5, 0.6) is 23.0 Å². The third-order valence-electron chi connectivity index (χ3n) is 22.4. The molecule has 4 aliphatic carbocycles. The molecular weight excluding hydrogens is 1280 g/mol. The van der Waals surface area contributed by atoms with E-state index in [1.165, 1.54) is 45.5 Å². The van der Waals surface area contributed by atoms with Gasteiger partial charge in [-0.05, 0) is 281 Å². The number of aryl methyl sites for hydroxylation is 4. The molecule has 0 amide bonds. The standard InChI is InChI=1S/C98H66F2N2O2/c99-93-21-9-11-23-95(93)101(79-47-55-87-85-17-5-7-19-89(85)97(91(87)61-79,75-37-29-63-13-1-3-15-69(63)57-75)73-39-51-81(52-40-73)103-83-49-35-67-25-27-71(67)59-83)77-43-31-65(32-44-77)66-33-45-78(46-34-66)102(96-24-12-10-22-94(96)100)80-48-56-88-86-18-6-8-20-90(86)98(92(88)62-80,76-38-30-64-14-2-4-16-70(64)58-76)74-41-53-82(54-42-74)104-84-50-36-68-26-28-72(68)60-84/h1-24,29-62H,25-28H2. The van der Waals surface area contributed by atoms with Gasteiger partial charge in [0.2, 0.25) is 0 Å². The summed E-state index contributed by atoms with van der Waals surface area (Å²) in [6.45, 7) is 0. The van der Waals surface area contributed by atoms with Gasteiger partial charge in [-0.1, -0.05) is 218 Å². The maximum absolute atomic E-state index is 16.9. The van der Waals surface area contributed by atoms with E-state index >= 15 is 8.78 Å². The molecule has 0 saturated carbocycles. The van der Waals surface area contributed by atoms with E-state index in [9.17, 15) is 0 Å². The smallest absolute Gasteiger partial charge is 0.147 e. The number of hydrogen-bond acceptors (Lipinski definition) is 4. The molecule has 0 radical (unpaired) electrons. The van der Waals surface area contributed by atoms with Crippen molar-refractivity contribution in [3.8, 4) is 56.4 Å². The maximum Gasteiger partial charge on any atom is 0.147 e. The number of anilines is 6. The fraction of sp³-hybridized carbons (Fsp3) is 0.0612. The van der Waals surface area contributed by atoms with Crippen molar-refractivity contribution < 1.29 is 18.3 Å². The van der Waals surface area contributed by atoms with Crippen LogP contribution < -0.4 is 19.3 Å². The van der Waals surface area contributed by atoms with E-state index in [1.807, 2.05) is 34.1 Å². The van der Waals surface area contributed by atoms with Crippen LogP contribution in [0.2, 0.25) is 0 Å². The Hall–Kier alpha value is -12.9. The van der Waals surface area contributed by atoms with Gasteiger partial charge < -0.3 is 19.3 Å². The van der Waals surface area contributed by atoms with Crippen LogP contribution in [-0.4, -0.2) is 0 Å². The molecule has 494 valence electrons. The molecule has 0 heterocycles. The first-order valence-electron chi connectivity index (χ1n) is 35.9. The number of halogens is 2. The van der Waals surface area contributed by atoms with Crippen molar-refractivity contribution in [1.29, 1.82) is 0 Å². The van der Waals surface area contributed by atoms with Crippen LogP contribution in [0.1, 0.15) is 66.8 Å². The van der Waals surface area contributed by atoms with Crippen molar-refractivity contribution in [3.05, 3.63) is 430 Å². The van der Waals surface area contributed by atoms with Gasteiger partial charge in [0.15, 0.2) is 0 Å². The minimum absolute atomic E-state index is 0.346. The molecule has 20 rings (SSSR count). The molecule has 0 N–H and O–H groups in total. The van der Waals surface area contributed by atoms with Gasteiger partial charge in [0.1, 0.15) is 34.6 Å². The molecule has 0 bridgehead atoms. The lowest BCUT2D eigenvalue weighted by Crippen LogP contribution is -2.29. The van der Waals surface area contributed by atoms with Gasteiger partial charge in [0, 0.05) is 22.7 Å². The Balaban J connectivity index is 0.676. The predicted molar refractivity (Wildman–Crippen MR) is 419 cm³/mol. The number of nitrogens with zero attached hydrogens (tertiary/aromatic N) is 2.